The molecule has 0 aliphatic heterocycles. The van der Waals surface area contributed by atoms with Gasteiger partial charge in [-0.3, -0.25) is 4.79 Å². The molecule has 1 amide bonds. The van der Waals surface area contributed by atoms with Crippen molar-refractivity contribution in [3.63, 3.8) is 0 Å². The normalized spacial score (nSPS) is 10.2. The number of hydrogen-bond acceptors (Lipinski definition) is 3. The summed E-state index contributed by atoms with van der Waals surface area (Å²) in [6, 6.07) is 12.6. The fourth-order valence-electron chi connectivity index (χ4n) is 1.92. The molecule has 2 rings (SSSR count). The Balaban J connectivity index is 2.13. The van der Waals surface area contributed by atoms with Crippen molar-refractivity contribution in [2.45, 2.75) is 6.61 Å². The predicted molar refractivity (Wildman–Crippen MR) is 86.8 cm³/mol. The third-order valence-electron chi connectivity index (χ3n) is 3.12. The van der Waals surface area contributed by atoms with Crippen molar-refractivity contribution in [2.24, 2.45) is 0 Å². The molecule has 22 heavy (non-hydrogen) atoms. The third-order valence-corrected chi connectivity index (χ3v) is 3.38. The molecule has 0 aromatic heterocycles. The van der Waals surface area contributed by atoms with E-state index in [1.165, 1.54) is 4.90 Å². The smallest absolute Gasteiger partial charge is 0.253 e. The maximum Gasteiger partial charge on any atom is 0.253 e. The van der Waals surface area contributed by atoms with Crippen molar-refractivity contribution in [3.05, 3.63) is 58.6 Å². The van der Waals surface area contributed by atoms with Gasteiger partial charge in [0.2, 0.25) is 0 Å². The number of methoxy groups -OCH3 is 1. The van der Waals surface area contributed by atoms with Gasteiger partial charge in [0, 0.05) is 24.7 Å². The van der Waals surface area contributed by atoms with Gasteiger partial charge in [-0.05, 0) is 35.9 Å². The maximum atomic E-state index is 12.0. The molecule has 2 aromatic carbocycles. The summed E-state index contributed by atoms with van der Waals surface area (Å²) in [5, 5.41) is 0.688. The minimum atomic E-state index is -0.0810. The summed E-state index contributed by atoms with van der Waals surface area (Å²) < 4.78 is 11.1. The molecule has 0 fully saturated rings. The average molecular weight is 320 g/mol. The summed E-state index contributed by atoms with van der Waals surface area (Å²) in [7, 11) is 4.97. The van der Waals surface area contributed by atoms with Gasteiger partial charge in [-0.25, -0.2) is 0 Å². The van der Waals surface area contributed by atoms with Crippen LogP contribution in [0.5, 0.6) is 11.5 Å². The zero-order valence-corrected chi connectivity index (χ0v) is 13.6. The largest absolute Gasteiger partial charge is 0.493 e. The number of nitrogens with zero attached hydrogens (tertiary/aromatic N) is 1. The zero-order valence-electron chi connectivity index (χ0n) is 12.8. The Morgan fingerprint density at radius 1 is 1.09 bits per heavy atom. The second-order valence-electron chi connectivity index (χ2n) is 4.98. The predicted octanol–water partition coefficient (Wildman–Crippen LogP) is 3.63. The lowest BCUT2D eigenvalue weighted by Gasteiger charge is -2.14. The van der Waals surface area contributed by atoms with Gasteiger partial charge in [-0.2, -0.15) is 0 Å². The first-order valence-electron chi connectivity index (χ1n) is 6.78. The molecule has 4 nitrogen and oxygen atoms in total. The number of amides is 1. The molecule has 0 unspecified atom stereocenters. The van der Waals surface area contributed by atoms with Gasteiger partial charge in [-0.1, -0.05) is 23.7 Å². The molecule has 0 radical (unpaired) electrons. The van der Waals surface area contributed by atoms with E-state index in [0.29, 0.717) is 28.7 Å². The number of benzene rings is 2. The third kappa shape index (κ3) is 3.92. The van der Waals surface area contributed by atoms with Gasteiger partial charge < -0.3 is 14.4 Å². The Morgan fingerprint density at radius 3 is 2.36 bits per heavy atom. The van der Waals surface area contributed by atoms with Crippen LogP contribution in [-0.4, -0.2) is 32.0 Å². The fraction of sp³-hybridized carbons (Fsp3) is 0.235. The van der Waals surface area contributed by atoms with E-state index in [1.54, 1.807) is 39.4 Å². The van der Waals surface area contributed by atoms with E-state index in [0.717, 1.165) is 5.56 Å². The molecule has 2 aromatic rings. The van der Waals surface area contributed by atoms with Crippen LogP contribution in [0, 0.1) is 0 Å². The van der Waals surface area contributed by atoms with Gasteiger partial charge in [0.1, 0.15) is 6.61 Å². The lowest BCUT2D eigenvalue weighted by atomic mass is 10.2. The topological polar surface area (TPSA) is 38.8 Å². The molecule has 0 heterocycles. The van der Waals surface area contributed by atoms with Crippen LogP contribution < -0.4 is 9.47 Å². The van der Waals surface area contributed by atoms with Crippen LogP contribution in [0.4, 0.5) is 0 Å². The molecule has 116 valence electrons. The summed E-state index contributed by atoms with van der Waals surface area (Å²) in [6.07, 6.45) is 0. The lowest BCUT2D eigenvalue weighted by Crippen LogP contribution is -2.21. The Morgan fingerprint density at radius 2 is 1.77 bits per heavy atom. The molecule has 0 bridgehead atoms. The van der Waals surface area contributed by atoms with Crippen LogP contribution in [-0.2, 0) is 6.61 Å². The quantitative estimate of drug-likeness (QED) is 0.844. The molecule has 0 saturated heterocycles. The van der Waals surface area contributed by atoms with Crippen molar-refractivity contribution < 1.29 is 14.3 Å². The Labute approximate surface area is 135 Å². The number of rotatable bonds is 5. The van der Waals surface area contributed by atoms with Gasteiger partial charge in [0.05, 0.1) is 7.11 Å². The number of hydrogen-bond donors (Lipinski definition) is 0. The minimum Gasteiger partial charge on any atom is -0.493 e. The van der Waals surface area contributed by atoms with Crippen molar-refractivity contribution >= 4 is 17.5 Å². The summed E-state index contributed by atoms with van der Waals surface area (Å²) >= 11 is 5.85. The van der Waals surface area contributed by atoms with Crippen LogP contribution in [0.1, 0.15) is 15.9 Å². The van der Waals surface area contributed by atoms with Crippen LogP contribution in [0.25, 0.3) is 0 Å². The highest BCUT2D eigenvalue weighted by Gasteiger charge is 2.12. The van der Waals surface area contributed by atoms with Crippen molar-refractivity contribution in [3.8, 4) is 11.5 Å². The highest BCUT2D eigenvalue weighted by Crippen LogP contribution is 2.29. The maximum absolute atomic E-state index is 12.0. The lowest BCUT2D eigenvalue weighted by molar-refractivity contribution is 0.0827. The fourth-order valence-corrected chi connectivity index (χ4v) is 2.05. The Hall–Kier alpha value is -2.20. The first-order chi connectivity index (χ1) is 10.5. The van der Waals surface area contributed by atoms with Gasteiger partial charge in [-0.15, -0.1) is 0 Å². The number of halogens is 1. The molecular formula is C17H18ClNO3. The monoisotopic (exact) mass is 319 g/mol. The van der Waals surface area contributed by atoms with Gasteiger partial charge >= 0.3 is 0 Å². The van der Waals surface area contributed by atoms with E-state index in [2.05, 4.69) is 0 Å². The minimum absolute atomic E-state index is 0.0810. The zero-order chi connectivity index (χ0) is 16.1. The van der Waals surface area contributed by atoms with Crippen LogP contribution >= 0.6 is 11.6 Å². The van der Waals surface area contributed by atoms with E-state index in [1.807, 2.05) is 24.3 Å². The summed E-state index contributed by atoms with van der Waals surface area (Å²) in [5.41, 5.74) is 1.56. The van der Waals surface area contributed by atoms with E-state index < -0.39 is 0 Å². The SMILES string of the molecule is COc1cc(C(=O)N(C)C)ccc1OCc1ccc(Cl)cc1. The molecular weight excluding hydrogens is 302 g/mol. The van der Waals surface area contributed by atoms with E-state index in [-0.39, 0.29) is 5.91 Å². The molecule has 0 saturated carbocycles. The average Bonchev–Trinajstić information content (AvgIpc) is 2.53. The second-order valence-corrected chi connectivity index (χ2v) is 5.42. The summed E-state index contributed by atoms with van der Waals surface area (Å²) in [5.74, 6) is 1.04. The van der Waals surface area contributed by atoms with Crippen LogP contribution in [0.15, 0.2) is 42.5 Å². The molecule has 0 aliphatic rings. The van der Waals surface area contributed by atoms with Crippen molar-refractivity contribution in [1.82, 2.24) is 4.90 Å². The van der Waals surface area contributed by atoms with E-state index in [4.69, 9.17) is 21.1 Å². The Bertz CT molecular complexity index is 653. The molecule has 0 atom stereocenters. The molecule has 5 heteroatoms. The first-order valence-corrected chi connectivity index (χ1v) is 7.16. The van der Waals surface area contributed by atoms with Gasteiger partial charge in [0.25, 0.3) is 5.91 Å². The highest BCUT2D eigenvalue weighted by atomic mass is 35.5. The number of ether oxygens (including phenoxy) is 2. The van der Waals surface area contributed by atoms with Crippen LogP contribution in [0.3, 0.4) is 0 Å². The standard InChI is InChI=1S/C17H18ClNO3/c1-19(2)17(20)13-6-9-15(16(10-13)21-3)22-11-12-4-7-14(18)8-5-12/h4-10H,11H2,1-3H3. The molecule has 0 N–H and O–H groups in total. The van der Waals surface area contributed by atoms with Gasteiger partial charge in [0.15, 0.2) is 11.5 Å². The number of carbonyl (C=O) groups excluding carboxylic acids is 1. The molecule has 0 spiro atoms. The summed E-state index contributed by atoms with van der Waals surface area (Å²) in [6.45, 7) is 0.397. The van der Waals surface area contributed by atoms with E-state index in [9.17, 15) is 4.79 Å². The molecule has 0 aliphatic carbocycles. The second kappa shape index (κ2) is 7.18. The van der Waals surface area contributed by atoms with Crippen molar-refractivity contribution in [1.29, 1.82) is 0 Å². The highest BCUT2D eigenvalue weighted by molar-refractivity contribution is 6.30. The summed E-state index contributed by atoms with van der Waals surface area (Å²) in [4.78, 5) is 13.5. The Kier molecular flexibility index (Phi) is 5.28. The first kappa shape index (κ1) is 16.2. The van der Waals surface area contributed by atoms with Crippen molar-refractivity contribution in [2.75, 3.05) is 21.2 Å². The van der Waals surface area contributed by atoms with E-state index >= 15 is 0 Å². The van der Waals surface area contributed by atoms with Crippen LogP contribution in [0.2, 0.25) is 5.02 Å². The number of carbonyl (C=O) groups is 1.